The van der Waals surface area contributed by atoms with Gasteiger partial charge >= 0.3 is 0 Å². The lowest BCUT2D eigenvalue weighted by molar-refractivity contribution is 0.354. The van der Waals surface area contributed by atoms with Gasteiger partial charge in [0.15, 0.2) is 11.5 Å². The fourth-order valence-corrected chi connectivity index (χ4v) is 3.71. The quantitative estimate of drug-likeness (QED) is 0.765. The molecule has 0 aliphatic carbocycles. The smallest absolute Gasteiger partial charge is 0.262 e. The second-order valence-corrected chi connectivity index (χ2v) is 7.56. The molecule has 0 atom stereocenters. The molecule has 0 radical (unpaired) electrons. The number of nitrogens with one attached hydrogen (secondary N) is 1. The Hall–Kier alpha value is -2.21. The van der Waals surface area contributed by atoms with E-state index in [4.69, 9.17) is 9.47 Å². The predicted molar refractivity (Wildman–Crippen MR) is 100 cm³/mol. The molecule has 25 heavy (non-hydrogen) atoms. The largest absolute Gasteiger partial charge is 0.493 e. The maximum atomic E-state index is 12.7. The van der Waals surface area contributed by atoms with E-state index in [0.717, 1.165) is 24.8 Å². The Morgan fingerprint density at radius 2 is 1.72 bits per heavy atom. The fraction of sp³-hybridized carbons (Fsp3) is 0.368. The van der Waals surface area contributed by atoms with E-state index in [1.165, 1.54) is 31.9 Å². The molecule has 0 aliphatic heterocycles. The van der Waals surface area contributed by atoms with Gasteiger partial charge in [0, 0.05) is 6.07 Å². The number of benzene rings is 2. The first-order valence-electron chi connectivity index (χ1n) is 8.25. The van der Waals surface area contributed by atoms with Crippen LogP contribution in [0.4, 0.5) is 5.69 Å². The average Bonchev–Trinajstić information content (AvgIpc) is 2.61. The maximum absolute atomic E-state index is 12.7. The fourth-order valence-electron chi connectivity index (χ4n) is 2.56. The average molecular weight is 363 g/mol. The van der Waals surface area contributed by atoms with E-state index in [9.17, 15) is 8.42 Å². The van der Waals surface area contributed by atoms with Gasteiger partial charge in [-0.2, -0.15) is 0 Å². The number of aryl methyl sites for hydroxylation is 2. The van der Waals surface area contributed by atoms with Crippen LogP contribution in [0.25, 0.3) is 0 Å². The summed E-state index contributed by atoms with van der Waals surface area (Å²) in [4.78, 5) is 0.125. The van der Waals surface area contributed by atoms with E-state index in [0.29, 0.717) is 17.2 Å². The Labute approximate surface area is 150 Å². The molecule has 2 aromatic rings. The van der Waals surface area contributed by atoms with E-state index < -0.39 is 10.0 Å². The van der Waals surface area contributed by atoms with Crippen LogP contribution in [0.15, 0.2) is 41.3 Å². The normalized spacial score (nSPS) is 11.2. The monoisotopic (exact) mass is 363 g/mol. The Kier molecular flexibility index (Phi) is 6.31. The van der Waals surface area contributed by atoms with E-state index in [-0.39, 0.29) is 4.90 Å². The van der Waals surface area contributed by atoms with Crippen LogP contribution in [0.2, 0.25) is 0 Å². The lowest BCUT2D eigenvalue weighted by Gasteiger charge is -2.14. The molecule has 0 amide bonds. The van der Waals surface area contributed by atoms with Crippen molar-refractivity contribution in [1.82, 2.24) is 0 Å². The van der Waals surface area contributed by atoms with Crippen molar-refractivity contribution in [3.05, 3.63) is 47.5 Å². The van der Waals surface area contributed by atoms with Crippen LogP contribution in [0.3, 0.4) is 0 Å². The standard InChI is InChI=1S/C19H25NO4S/c1-5-6-7-15-8-10-17(14(2)12-15)20-25(21,22)16-9-11-18(23-3)19(13-16)24-4/h8-13,20H,5-7H2,1-4H3. The first kappa shape index (κ1) is 19.1. The van der Waals surface area contributed by atoms with Gasteiger partial charge in [0.2, 0.25) is 0 Å². The summed E-state index contributed by atoms with van der Waals surface area (Å²) in [6, 6.07) is 10.3. The van der Waals surface area contributed by atoms with E-state index in [1.54, 1.807) is 6.07 Å². The number of hydrogen-bond donors (Lipinski definition) is 1. The molecule has 2 rings (SSSR count). The van der Waals surface area contributed by atoms with Crippen LogP contribution in [-0.2, 0) is 16.4 Å². The number of anilines is 1. The topological polar surface area (TPSA) is 64.6 Å². The van der Waals surface area contributed by atoms with Crippen molar-refractivity contribution in [3.63, 3.8) is 0 Å². The molecule has 0 saturated heterocycles. The summed E-state index contributed by atoms with van der Waals surface area (Å²) in [5.74, 6) is 0.856. The Balaban J connectivity index is 2.26. The summed E-state index contributed by atoms with van der Waals surface area (Å²) >= 11 is 0. The minimum absolute atomic E-state index is 0.125. The number of hydrogen-bond acceptors (Lipinski definition) is 4. The highest BCUT2D eigenvalue weighted by atomic mass is 32.2. The van der Waals surface area contributed by atoms with Gasteiger partial charge in [0.05, 0.1) is 24.8 Å². The van der Waals surface area contributed by atoms with Crippen molar-refractivity contribution in [2.45, 2.75) is 38.0 Å². The van der Waals surface area contributed by atoms with Gasteiger partial charge in [0.1, 0.15) is 0 Å². The highest BCUT2D eigenvalue weighted by Crippen LogP contribution is 2.30. The molecule has 0 bridgehead atoms. The minimum atomic E-state index is -3.71. The summed E-state index contributed by atoms with van der Waals surface area (Å²) in [6.45, 7) is 4.06. The summed E-state index contributed by atoms with van der Waals surface area (Å²) in [6.07, 6.45) is 3.25. The number of rotatable bonds is 8. The zero-order chi connectivity index (χ0) is 18.4. The molecule has 6 heteroatoms. The Bertz CT molecular complexity index is 831. The minimum Gasteiger partial charge on any atom is -0.493 e. The predicted octanol–water partition coefficient (Wildman–Crippen LogP) is 4.16. The molecule has 0 heterocycles. The lowest BCUT2D eigenvalue weighted by Crippen LogP contribution is -2.14. The Morgan fingerprint density at radius 1 is 1.00 bits per heavy atom. The summed E-state index contributed by atoms with van der Waals surface area (Å²) in [5, 5.41) is 0. The van der Waals surface area contributed by atoms with Crippen molar-refractivity contribution >= 4 is 15.7 Å². The molecule has 0 spiro atoms. The van der Waals surface area contributed by atoms with Gasteiger partial charge in [-0.25, -0.2) is 8.42 Å². The second-order valence-electron chi connectivity index (χ2n) is 5.88. The van der Waals surface area contributed by atoms with Gasteiger partial charge < -0.3 is 9.47 Å². The number of ether oxygens (including phenoxy) is 2. The van der Waals surface area contributed by atoms with Crippen molar-refractivity contribution in [3.8, 4) is 11.5 Å². The van der Waals surface area contributed by atoms with Crippen molar-refractivity contribution in [2.75, 3.05) is 18.9 Å². The lowest BCUT2D eigenvalue weighted by atomic mass is 10.1. The van der Waals surface area contributed by atoms with E-state index in [1.807, 2.05) is 25.1 Å². The van der Waals surface area contributed by atoms with Crippen LogP contribution in [0, 0.1) is 6.92 Å². The molecule has 0 aromatic heterocycles. The maximum Gasteiger partial charge on any atom is 0.262 e. The Morgan fingerprint density at radius 3 is 2.32 bits per heavy atom. The molecular weight excluding hydrogens is 338 g/mol. The van der Waals surface area contributed by atoms with E-state index >= 15 is 0 Å². The highest BCUT2D eigenvalue weighted by molar-refractivity contribution is 7.92. The van der Waals surface area contributed by atoms with Crippen molar-refractivity contribution in [2.24, 2.45) is 0 Å². The van der Waals surface area contributed by atoms with Crippen LogP contribution >= 0.6 is 0 Å². The molecule has 0 aliphatic rings. The summed E-state index contributed by atoms with van der Waals surface area (Å²) in [7, 11) is -0.728. The zero-order valence-electron chi connectivity index (χ0n) is 15.1. The van der Waals surface area contributed by atoms with Crippen LogP contribution in [0.1, 0.15) is 30.9 Å². The van der Waals surface area contributed by atoms with Crippen molar-refractivity contribution < 1.29 is 17.9 Å². The third-order valence-corrected chi connectivity index (χ3v) is 5.38. The molecule has 136 valence electrons. The van der Waals surface area contributed by atoms with Crippen LogP contribution < -0.4 is 14.2 Å². The number of unbranched alkanes of at least 4 members (excludes halogenated alkanes) is 1. The van der Waals surface area contributed by atoms with Crippen molar-refractivity contribution in [1.29, 1.82) is 0 Å². The first-order valence-corrected chi connectivity index (χ1v) is 9.74. The summed E-state index contributed by atoms with van der Waals surface area (Å²) in [5.41, 5.74) is 2.70. The SMILES string of the molecule is CCCCc1ccc(NS(=O)(=O)c2ccc(OC)c(OC)c2)c(C)c1. The van der Waals surface area contributed by atoms with Gasteiger partial charge in [0.25, 0.3) is 10.0 Å². The molecular formula is C19H25NO4S. The number of sulfonamides is 1. The van der Waals surface area contributed by atoms with Gasteiger partial charge in [-0.3, -0.25) is 4.72 Å². The van der Waals surface area contributed by atoms with Crippen LogP contribution in [-0.4, -0.2) is 22.6 Å². The molecule has 0 saturated carbocycles. The highest BCUT2D eigenvalue weighted by Gasteiger charge is 2.18. The third-order valence-electron chi connectivity index (χ3n) is 4.02. The van der Waals surface area contributed by atoms with Gasteiger partial charge in [-0.1, -0.05) is 25.5 Å². The number of methoxy groups -OCH3 is 2. The molecule has 0 fully saturated rings. The molecule has 0 unspecified atom stereocenters. The van der Waals surface area contributed by atoms with Crippen LogP contribution in [0.5, 0.6) is 11.5 Å². The second kappa shape index (κ2) is 8.25. The molecule has 5 nitrogen and oxygen atoms in total. The van der Waals surface area contributed by atoms with Gasteiger partial charge in [-0.05, 0) is 49.1 Å². The summed E-state index contributed by atoms with van der Waals surface area (Å²) < 4.78 is 38.3. The first-order chi connectivity index (χ1) is 11.9. The third kappa shape index (κ3) is 4.66. The van der Waals surface area contributed by atoms with E-state index in [2.05, 4.69) is 11.6 Å². The van der Waals surface area contributed by atoms with Gasteiger partial charge in [-0.15, -0.1) is 0 Å². The molecule has 1 N–H and O–H groups in total. The zero-order valence-corrected chi connectivity index (χ0v) is 15.9. The molecule has 2 aromatic carbocycles.